The van der Waals surface area contributed by atoms with Crippen molar-refractivity contribution in [2.24, 2.45) is 5.92 Å². The van der Waals surface area contributed by atoms with Crippen molar-refractivity contribution >= 4 is 11.4 Å². The molecule has 0 aliphatic rings. The van der Waals surface area contributed by atoms with E-state index >= 15 is 0 Å². The van der Waals surface area contributed by atoms with Crippen molar-refractivity contribution in [1.82, 2.24) is 0 Å². The molecule has 0 heterocycles. The summed E-state index contributed by atoms with van der Waals surface area (Å²) in [6, 6.07) is 7.13. The summed E-state index contributed by atoms with van der Waals surface area (Å²) >= 11 is 0. The Kier molecular flexibility index (Phi) is 4.57. The Morgan fingerprint density at radius 3 is 2.72 bits per heavy atom. The fourth-order valence-corrected chi connectivity index (χ4v) is 2.02. The molecule has 0 aliphatic heterocycles. The SMILES string of the molecule is CC(C)CC(C)(O)CNc1cc(C#N)ccc1N. The standard InChI is InChI=1S/C14H21N3O/c1-10(2)7-14(3,18)9-17-13-6-11(8-15)4-5-12(13)16/h4-6,10,17-18H,7,9,16H2,1-3H3. The van der Waals surface area contributed by atoms with Crippen LogP contribution in [0.5, 0.6) is 0 Å². The molecule has 0 spiro atoms. The Morgan fingerprint density at radius 1 is 1.50 bits per heavy atom. The van der Waals surface area contributed by atoms with Gasteiger partial charge in [-0.1, -0.05) is 13.8 Å². The van der Waals surface area contributed by atoms with E-state index in [1.807, 2.05) is 0 Å². The second-order valence-electron chi connectivity index (χ2n) is 5.36. The molecular weight excluding hydrogens is 226 g/mol. The maximum atomic E-state index is 10.2. The van der Waals surface area contributed by atoms with Crippen LogP contribution < -0.4 is 11.1 Å². The summed E-state index contributed by atoms with van der Waals surface area (Å²) in [5, 5.41) is 22.1. The lowest BCUT2D eigenvalue weighted by atomic mass is 9.94. The van der Waals surface area contributed by atoms with Gasteiger partial charge in [-0.25, -0.2) is 0 Å². The number of nitrogens with zero attached hydrogens (tertiary/aromatic N) is 1. The first-order valence-electron chi connectivity index (χ1n) is 6.10. The molecule has 0 aliphatic carbocycles. The lowest BCUT2D eigenvalue weighted by Crippen LogP contribution is -2.35. The molecule has 98 valence electrons. The Hall–Kier alpha value is -1.73. The zero-order valence-electron chi connectivity index (χ0n) is 11.2. The van der Waals surface area contributed by atoms with E-state index in [-0.39, 0.29) is 0 Å². The largest absolute Gasteiger partial charge is 0.397 e. The number of benzene rings is 1. The molecule has 0 saturated carbocycles. The van der Waals surface area contributed by atoms with Gasteiger partial charge in [0.1, 0.15) is 0 Å². The van der Waals surface area contributed by atoms with Crippen LogP contribution in [0, 0.1) is 17.2 Å². The predicted molar refractivity (Wildman–Crippen MR) is 74.1 cm³/mol. The van der Waals surface area contributed by atoms with Crippen LogP contribution >= 0.6 is 0 Å². The third kappa shape index (κ3) is 4.27. The Bertz CT molecular complexity index is 447. The normalized spacial score (nSPS) is 14.0. The van der Waals surface area contributed by atoms with E-state index < -0.39 is 5.60 Å². The molecule has 0 saturated heterocycles. The smallest absolute Gasteiger partial charge is 0.0992 e. The summed E-state index contributed by atoms with van der Waals surface area (Å²) in [6.07, 6.45) is 0.706. The molecule has 1 atom stereocenters. The first-order valence-corrected chi connectivity index (χ1v) is 6.10. The van der Waals surface area contributed by atoms with Crippen LogP contribution in [0.2, 0.25) is 0 Å². The Labute approximate surface area is 108 Å². The van der Waals surface area contributed by atoms with Crippen molar-refractivity contribution in [3.63, 3.8) is 0 Å². The van der Waals surface area contributed by atoms with E-state index in [0.29, 0.717) is 35.8 Å². The van der Waals surface area contributed by atoms with Crippen LogP contribution in [0.15, 0.2) is 18.2 Å². The monoisotopic (exact) mass is 247 g/mol. The second-order valence-corrected chi connectivity index (χ2v) is 5.36. The molecule has 0 bridgehead atoms. The van der Waals surface area contributed by atoms with Gasteiger partial charge in [-0.05, 0) is 37.5 Å². The van der Waals surface area contributed by atoms with Gasteiger partial charge in [-0.2, -0.15) is 5.26 Å². The van der Waals surface area contributed by atoms with Crippen LogP contribution in [0.3, 0.4) is 0 Å². The maximum Gasteiger partial charge on any atom is 0.0992 e. The van der Waals surface area contributed by atoms with Crippen molar-refractivity contribution in [1.29, 1.82) is 5.26 Å². The van der Waals surface area contributed by atoms with Crippen molar-refractivity contribution < 1.29 is 5.11 Å². The summed E-state index contributed by atoms with van der Waals surface area (Å²) in [5.74, 6) is 0.421. The highest BCUT2D eigenvalue weighted by molar-refractivity contribution is 5.68. The lowest BCUT2D eigenvalue weighted by Gasteiger charge is -2.26. The zero-order chi connectivity index (χ0) is 13.8. The first-order chi connectivity index (χ1) is 8.34. The summed E-state index contributed by atoms with van der Waals surface area (Å²) in [7, 11) is 0. The third-order valence-electron chi connectivity index (χ3n) is 2.69. The third-order valence-corrected chi connectivity index (χ3v) is 2.69. The minimum absolute atomic E-state index is 0.407. The van der Waals surface area contributed by atoms with Crippen molar-refractivity contribution in [3.8, 4) is 6.07 Å². The van der Waals surface area contributed by atoms with Crippen LogP contribution in [0.4, 0.5) is 11.4 Å². The highest BCUT2D eigenvalue weighted by atomic mass is 16.3. The number of hydrogen-bond acceptors (Lipinski definition) is 4. The van der Waals surface area contributed by atoms with Gasteiger partial charge in [-0.3, -0.25) is 0 Å². The summed E-state index contributed by atoms with van der Waals surface area (Å²) < 4.78 is 0. The number of nitrogen functional groups attached to an aromatic ring is 1. The van der Waals surface area contributed by atoms with Crippen molar-refractivity contribution in [2.75, 3.05) is 17.6 Å². The van der Waals surface area contributed by atoms with Crippen LogP contribution in [-0.2, 0) is 0 Å². The molecule has 1 aromatic carbocycles. The molecule has 4 heteroatoms. The maximum absolute atomic E-state index is 10.2. The molecule has 1 unspecified atom stereocenters. The van der Waals surface area contributed by atoms with E-state index in [4.69, 9.17) is 11.0 Å². The van der Waals surface area contributed by atoms with Gasteiger partial charge in [0.2, 0.25) is 0 Å². The molecule has 0 aromatic heterocycles. The molecule has 1 rings (SSSR count). The van der Waals surface area contributed by atoms with Gasteiger partial charge in [0.05, 0.1) is 28.6 Å². The number of aliphatic hydroxyl groups is 1. The number of anilines is 2. The highest BCUT2D eigenvalue weighted by Crippen LogP contribution is 2.22. The van der Waals surface area contributed by atoms with Gasteiger partial charge in [0, 0.05) is 6.54 Å². The van der Waals surface area contributed by atoms with Crippen molar-refractivity contribution in [3.05, 3.63) is 23.8 Å². The molecule has 0 amide bonds. The Balaban J connectivity index is 2.71. The van der Waals surface area contributed by atoms with Crippen LogP contribution in [-0.4, -0.2) is 17.3 Å². The van der Waals surface area contributed by atoms with E-state index in [9.17, 15) is 5.11 Å². The second kappa shape index (κ2) is 5.74. The predicted octanol–water partition coefficient (Wildman–Crippen LogP) is 2.35. The number of nitrogens with two attached hydrogens (primary N) is 1. The number of rotatable bonds is 5. The minimum atomic E-state index is -0.788. The fourth-order valence-electron chi connectivity index (χ4n) is 2.02. The highest BCUT2D eigenvalue weighted by Gasteiger charge is 2.21. The van der Waals surface area contributed by atoms with Crippen molar-refractivity contribution in [2.45, 2.75) is 32.8 Å². The molecule has 0 radical (unpaired) electrons. The van der Waals surface area contributed by atoms with Gasteiger partial charge in [0.25, 0.3) is 0 Å². The first kappa shape index (κ1) is 14.3. The average molecular weight is 247 g/mol. The molecule has 1 aromatic rings. The zero-order valence-corrected chi connectivity index (χ0v) is 11.2. The molecule has 4 nitrogen and oxygen atoms in total. The van der Waals surface area contributed by atoms with Gasteiger partial charge in [-0.15, -0.1) is 0 Å². The summed E-state index contributed by atoms with van der Waals surface area (Å²) in [4.78, 5) is 0. The topological polar surface area (TPSA) is 82.1 Å². The van der Waals surface area contributed by atoms with Crippen LogP contribution in [0.25, 0.3) is 0 Å². The van der Waals surface area contributed by atoms with E-state index in [1.54, 1.807) is 25.1 Å². The Morgan fingerprint density at radius 2 is 2.17 bits per heavy atom. The molecule has 4 N–H and O–H groups in total. The van der Waals surface area contributed by atoms with Gasteiger partial charge < -0.3 is 16.2 Å². The molecular formula is C14H21N3O. The van der Waals surface area contributed by atoms with E-state index in [1.165, 1.54) is 0 Å². The summed E-state index contributed by atoms with van der Waals surface area (Å²) in [5.41, 5.74) is 6.85. The van der Waals surface area contributed by atoms with Crippen LogP contribution in [0.1, 0.15) is 32.8 Å². The number of nitriles is 1. The van der Waals surface area contributed by atoms with E-state index in [2.05, 4.69) is 25.2 Å². The fraction of sp³-hybridized carbons (Fsp3) is 0.500. The quantitative estimate of drug-likeness (QED) is 0.697. The average Bonchev–Trinajstić information content (AvgIpc) is 2.26. The van der Waals surface area contributed by atoms with E-state index in [0.717, 1.165) is 0 Å². The van der Waals surface area contributed by atoms with Gasteiger partial charge in [0.15, 0.2) is 0 Å². The number of hydrogen-bond donors (Lipinski definition) is 3. The lowest BCUT2D eigenvalue weighted by molar-refractivity contribution is 0.0516. The summed E-state index contributed by atoms with van der Waals surface area (Å²) in [6.45, 7) is 6.34. The molecule has 18 heavy (non-hydrogen) atoms. The molecule has 0 fully saturated rings. The number of nitrogens with one attached hydrogen (secondary N) is 1. The minimum Gasteiger partial charge on any atom is -0.397 e. The van der Waals surface area contributed by atoms with Gasteiger partial charge >= 0.3 is 0 Å².